The molecule has 3 fully saturated rings. The minimum absolute atomic E-state index is 0.0500. The van der Waals surface area contributed by atoms with Crippen molar-refractivity contribution >= 4 is 28.3 Å². The Balaban J connectivity index is 1.80. The molecule has 3 aliphatic rings. The highest BCUT2D eigenvalue weighted by atomic mass is 35.5. The minimum Gasteiger partial charge on any atom is -0.504 e. The SMILES string of the molecule is C=CC1CN2CCC1CC2C(=O)c1c(O)c(Cl)nc2ccc(OC)cc12. The molecular formula is C20H21ClN2O3. The summed E-state index contributed by atoms with van der Waals surface area (Å²) in [6, 6.07) is 4.99. The van der Waals surface area contributed by atoms with Crippen LogP contribution in [0.4, 0.5) is 0 Å². The molecule has 6 heteroatoms. The standard InChI is InChI=1S/C20H21ClN2O3/c1-3-11-10-23-7-6-12(11)8-16(23)18(24)17-14-9-13(26-2)4-5-15(14)22-20(21)19(17)25/h3-5,9,11-12,16,25H,1,6-8,10H2,2H3. The highest BCUT2D eigenvalue weighted by Gasteiger charge is 2.43. The molecule has 136 valence electrons. The van der Waals surface area contributed by atoms with Crippen LogP contribution in [0.25, 0.3) is 10.9 Å². The van der Waals surface area contributed by atoms with E-state index in [1.807, 2.05) is 6.08 Å². The zero-order valence-corrected chi connectivity index (χ0v) is 15.4. The third-order valence-corrected chi connectivity index (χ3v) is 6.04. The average molecular weight is 373 g/mol. The van der Waals surface area contributed by atoms with E-state index in [-0.39, 0.29) is 28.3 Å². The highest BCUT2D eigenvalue weighted by Crippen LogP contribution is 2.41. The van der Waals surface area contributed by atoms with Gasteiger partial charge in [-0.05, 0) is 49.4 Å². The van der Waals surface area contributed by atoms with Crippen molar-refractivity contribution in [3.05, 3.63) is 41.6 Å². The topological polar surface area (TPSA) is 62.7 Å². The summed E-state index contributed by atoms with van der Waals surface area (Å²) in [6.45, 7) is 5.66. The number of aromatic hydroxyl groups is 1. The van der Waals surface area contributed by atoms with Crippen molar-refractivity contribution in [2.75, 3.05) is 20.2 Å². The molecule has 4 atom stereocenters. The highest BCUT2D eigenvalue weighted by molar-refractivity contribution is 6.32. The van der Waals surface area contributed by atoms with Crippen molar-refractivity contribution in [1.29, 1.82) is 0 Å². The van der Waals surface area contributed by atoms with Crippen LogP contribution in [0.5, 0.6) is 11.5 Å². The molecule has 1 N–H and O–H groups in total. The van der Waals surface area contributed by atoms with E-state index in [4.69, 9.17) is 16.3 Å². The van der Waals surface area contributed by atoms with Gasteiger partial charge in [-0.25, -0.2) is 4.98 Å². The van der Waals surface area contributed by atoms with Gasteiger partial charge in [0.2, 0.25) is 0 Å². The van der Waals surface area contributed by atoms with E-state index in [1.165, 1.54) is 0 Å². The van der Waals surface area contributed by atoms with Gasteiger partial charge in [-0.3, -0.25) is 9.69 Å². The predicted molar refractivity (Wildman–Crippen MR) is 101 cm³/mol. The van der Waals surface area contributed by atoms with Crippen LogP contribution in [-0.4, -0.2) is 47.0 Å². The van der Waals surface area contributed by atoms with Gasteiger partial charge in [-0.15, -0.1) is 6.58 Å². The maximum Gasteiger partial charge on any atom is 0.184 e. The van der Waals surface area contributed by atoms with Crippen molar-refractivity contribution < 1.29 is 14.6 Å². The number of nitrogens with zero attached hydrogens (tertiary/aromatic N) is 2. The molecule has 1 aromatic heterocycles. The van der Waals surface area contributed by atoms with E-state index in [9.17, 15) is 9.90 Å². The largest absolute Gasteiger partial charge is 0.504 e. The summed E-state index contributed by atoms with van der Waals surface area (Å²) >= 11 is 6.10. The number of carbonyl (C=O) groups is 1. The second kappa shape index (κ2) is 6.56. The summed E-state index contributed by atoms with van der Waals surface area (Å²) < 4.78 is 5.28. The Morgan fingerprint density at radius 1 is 1.50 bits per heavy atom. The van der Waals surface area contributed by atoms with E-state index in [0.29, 0.717) is 28.5 Å². The first-order valence-electron chi connectivity index (χ1n) is 8.80. The number of Topliss-reactive ketones (excluding diaryl/α,β-unsaturated/α-hetero) is 1. The van der Waals surface area contributed by atoms with E-state index in [2.05, 4.69) is 16.5 Å². The number of halogens is 1. The van der Waals surface area contributed by atoms with Crippen molar-refractivity contribution in [2.24, 2.45) is 11.8 Å². The van der Waals surface area contributed by atoms with Crippen LogP contribution in [-0.2, 0) is 0 Å². The molecule has 4 unspecified atom stereocenters. The van der Waals surface area contributed by atoms with Gasteiger partial charge in [-0.2, -0.15) is 0 Å². The number of fused-ring (bicyclic) bond motifs is 4. The molecule has 1 aromatic carbocycles. The summed E-state index contributed by atoms with van der Waals surface area (Å²) in [7, 11) is 1.56. The summed E-state index contributed by atoms with van der Waals surface area (Å²) in [6.07, 6.45) is 3.86. The number of piperidine rings is 3. The smallest absolute Gasteiger partial charge is 0.184 e. The Morgan fingerprint density at radius 3 is 2.96 bits per heavy atom. The number of benzene rings is 1. The molecule has 2 bridgehead atoms. The normalized spacial score (nSPS) is 27.5. The fraction of sp³-hybridized carbons (Fsp3) is 0.400. The lowest BCUT2D eigenvalue weighted by molar-refractivity contribution is 0.0204. The first-order chi connectivity index (χ1) is 12.5. The van der Waals surface area contributed by atoms with Gasteiger partial charge in [0.25, 0.3) is 0 Å². The second-order valence-electron chi connectivity index (χ2n) is 7.07. The molecular weight excluding hydrogens is 352 g/mol. The van der Waals surface area contributed by atoms with Gasteiger partial charge < -0.3 is 9.84 Å². The van der Waals surface area contributed by atoms with Gasteiger partial charge in [0.1, 0.15) is 5.75 Å². The Labute approximate surface area is 157 Å². The van der Waals surface area contributed by atoms with Gasteiger partial charge >= 0.3 is 0 Å². The Bertz CT molecular complexity index is 898. The van der Waals surface area contributed by atoms with E-state index in [1.54, 1.807) is 25.3 Å². The Morgan fingerprint density at radius 2 is 2.31 bits per heavy atom. The van der Waals surface area contributed by atoms with Crippen LogP contribution in [0.2, 0.25) is 5.15 Å². The molecule has 0 saturated carbocycles. The quantitative estimate of drug-likeness (QED) is 0.504. The van der Waals surface area contributed by atoms with Crippen molar-refractivity contribution in [1.82, 2.24) is 9.88 Å². The van der Waals surface area contributed by atoms with Gasteiger partial charge in [0.15, 0.2) is 16.7 Å². The number of hydrogen-bond donors (Lipinski definition) is 1. The van der Waals surface area contributed by atoms with Crippen LogP contribution in [0.3, 0.4) is 0 Å². The fourth-order valence-electron chi connectivity index (χ4n) is 4.35. The fourth-order valence-corrected chi connectivity index (χ4v) is 4.54. The van der Waals surface area contributed by atoms with Gasteiger partial charge in [-0.1, -0.05) is 17.7 Å². The predicted octanol–water partition coefficient (Wildman–Crippen LogP) is 3.68. The Hall–Kier alpha value is -2.11. The second-order valence-corrected chi connectivity index (χ2v) is 7.43. The van der Waals surface area contributed by atoms with E-state index >= 15 is 0 Å². The minimum atomic E-state index is -0.250. The maximum atomic E-state index is 13.4. The molecule has 0 aliphatic carbocycles. The molecule has 2 aromatic rings. The molecule has 5 nitrogen and oxygen atoms in total. The number of carbonyl (C=O) groups excluding carboxylic acids is 1. The van der Waals surface area contributed by atoms with E-state index < -0.39 is 0 Å². The van der Waals surface area contributed by atoms with Gasteiger partial charge in [0.05, 0.1) is 24.2 Å². The molecule has 3 saturated heterocycles. The lowest BCUT2D eigenvalue weighted by Crippen LogP contribution is -2.55. The number of hydrogen-bond acceptors (Lipinski definition) is 5. The summed E-state index contributed by atoms with van der Waals surface area (Å²) in [5.74, 6) is 1.15. The number of aromatic nitrogens is 1. The molecule has 26 heavy (non-hydrogen) atoms. The number of pyridine rings is 1. The van der Waals surface area contributed by atoms with Crippen molar-refractivity contribution in [2.45, 2.75) is 18.9 Å². The number of rotatable bonds is 4. The van der Waals surface area contributed by atoms with Crippen molar-refractivity contribution in [3.63, 3.8) is 0 Å². The van der Waals surface area contributed by atoms with Crippen LogP contribution >= 0.6 is 11.6 Å². The lowest BCUT2D eigenvalue weighted by atomic mass is 9.74. The maximum absolute atomic E-state index is 13.4. The number of ketones is 1. The average Bonchev–Trinajstić information content (AvgIpc) is 2.68. The first-order valence-corrected chi connectivity index (χ1v) is 9.18. The van der Waals surface area contributed by atoms with Crippen molar-refractivity contribution in [3.8, 4) is 11.5 Å². The lowest BCUT2D eigenvalue weighted by Gasteiger charge is -2.48. The Kier molecular flexibility index (Phi) is 4.37. The molecule has 4 heterocycles. The summed E-state index contributed by atoms with van der Waals surface area (Å²) in [5.41, 5.74) is 0.809. The summed E-state index contributed by atoms with van der Waals surface area (Å²) in [4.78, 5) is 19.8. The van der Waals surface area contributed by atoms with Gasteiger partial charge in [0, 0.05) is 11.9 Å². The third-order valence-electron chi connectivity index (χ3n) is 5.78. The molecule has 3 aliphatic heterocycles. The zero-order valence-electron chi connectivity index (χ0n) is 14.6. The molecule has 0 amide bonds. The van der Waals surface area contributed by atoms with Crippen LogP contribution in [0.15, 0.2) is 30.9 Å². The number of ether oxygens (including phenoxy) is 1. The van der Waals surface area contributed by atoms with E-state index in [0.717, 1.165) is 25.9 Å². The first kappa shape index (κ1) is 17.3. The third kappa shape index (κ3) is 2.66. The number of methoxy groups -OCH3 is 1. The zero-order chi connectivity index (χ0) is 18.4. The van der Waals surface area contributed by atoms with Crippen LogP contribution in [0.1, 0.15) is 23.2 Å². The van der Waals surface area contributed by atoms with Crippen LogP contribution in [0, 0.1) is 11.8 Å². The monoisotopic (exact) mass is 372 g/mol. The summed E-state index contributed by atoms with van der Waals surface area (Å²) in [5, 5.41) is 11.1. The molecule has 0 radical (unpaired) electrons. The molecule has 5 rings (SSSR count). The van der Waals surface area contributed by atoms with Crippen LogP contribution < -0.4 is 4.74 Å². The molecule has 0 spiro atoms.